The van der Waals surface area contributed by atoms with Crippen molar-refractivity contribution in [3.8, 4) is 0 Å². The maximum atomic E-state index is 12.3. The molecule has 3 N–H and O–H groups in total. The molecule has 2 aromatic rings. The van der Waals surface area contributed by atoms with E-state index in [1.807, 2.05) is 37.3 Å². The first-order valence-electron chi connectivity index (χ1n) is 6.93. The number of carbonyl (C=O) groups is 1. The van der Waals surface area contributed by atoms with Crippen molar-refractivity contribution in [2.45, 2.75) is 17.6 Å². The molecule has 0 bridgehead atoms. The molecule has 0 aliphatic carbocycles. The van der Waals surface area contributed by atoms with E-state index in [-0.39, 0.29) is 18.3 Å². The summed E-state index contributed by atoms with van der Waals surface area (Å²) in [5.41, 5.74) is 6.31. The van der Waals surface area contributed by atoms with Gasteiger partial charge < -0.3 is 11.1 Å². The molecule has 0 radical (unpaired) electrons. The highest BCUT2D eigenvalue weighted by atomic mass is 35.5. The van der Waals surface area contributed by atoms with E-state index >= 15 is 0 Å². The van der Waals surface area contributed by atoms with E-state index < -0.39 is 0 Å². The van der Waals surface area contributed by atoms with Crippen LogP contribution in [-0.4, -0.2) is 19.0 Å². The minimum Gasteiger partial charge on any atom is -0.352 e. The summed E-state index contributed by atoms with van der Waals surface area (Å²) in [6, 6.07) is 11.9. The Morgan fingerprint density at radius 2 is 2.09 bits per heavy atom. The number of thiophene rings is 1. The molecule has 0 fully saturated rings. The Morgan fingerprint density at radius 1 is 1.32 bits per heavy atom. The van der Waals surface area contributed by atoms with Crippen molar-refractivity contribution in [3.05, 3.63) is 52.2 Å². The van der Waals surface area contributed by atoms with Crippen molar-refractivity contribution < 1.29 is 4.79 Å². The Kier molecular flexibility index (Phi) is 8.56. The lowest BCUT2D eigenvalue weighted by molar-refractivity contribution is 0.0945. The van der Waals surface area contributed by atoms with E-state index in [9.17, 15) is 4.79 Å². The molecule has 0 spiro atoms. The largest absolute Gasteiger partial charge is 0.352 e. The molecular formula is C16H21ClN2OS2. The predicted molar refractivity (Wildman–Crippen MR) is 98.1 cm³/mol. The number of hydrogen-bond donors (Lipinski definition) is 2. The van der Waals surface area contributed by atoms with E-state index in [0.717, 1.165) is 16.2 Å². The summed E-state index contributed by atoms with van der Waals surface area (Å²) < 4.78 is 0. The van der Waals surface area contributed by atoms with Gasteiger partial charge in [-0.1, -0.05) is 25.1 Å². The molecule has 0 aliphatic rings. The first-order chi connectivity index (χ1) is 10.2. The number of nitrogens with two attached hydrogens (primary N) is 1. The van der Waals surface area contributed by atoms with Crippen LogP contribution in [0.2, 0.25) is 0 Å². The second kappa shape index (κ2) is 9.90. The molecule has 3 nitrogen and oxygen atoms in total. The molecule has 0 saturated heterocycles. The van der Waals surface area contributed by atoms with Gasteiger partial charge in [0.05, 0.1) is 5.56 Å². The summed E-state index contributed by atoms with van der Waals surface area (Å²) >= 11 is 3.44. The third-order valence-corrected chi connectivity index (χ3v) is 5.28. The molecule has 1 aromatic carbocycles. The van der Waals surface area contributed by atoms with E-state index in [0.29, 0.717) is 19.0 Å². The van der Waals surface area contributed by atoms with Gasteiger partial charge in [-0.25, -0.2) is 0 Å². The van der Waals surface area contributed by atoms with Gasteiger partial charge in [0, 0.05) is 22.1 Å². The first-order valence-corrected chi connectivity index (χ1v) is 8.79. The van der Waals surface area contributed by atoms with Gasteiger partial charge in [-0.2, -0.15) is 0 Å². The van der Waals surface area contributed by atoms with Crippen LogP contribution in [0.15, 0.2) is 46.7 Å². The van der Waals surface area contributed by atoms with Crippen LogP contribution in [0.5, 0.6) is 0 Å². The number of rotatable bonds is 7. The lowest BCUT2D eigenvalue weighted by Crippen LogP contribution is -2.31. The summed E-state index contributed by atoms with van der Waals surface area (Å²) in [6.07, 6.45) is 0. The molecule has 1 heterocycles. The van der Waals surface area contributed by atoms with Crippen LogP contribution in [0.25, 0.3) is 0 Å². The van der Waals surface area contributed by atoms with Gasteiger partial charge in [0.1, 0.15) is 0 Å². The number of carbonyl (C=O) groups excluding carboxylic acids is 1. The zero-order valence-corrected chi connectivity index (χ0v) is 14.9. The number of amides is 1. The van der Waals surface area contributed by atoms with Gasteiger partial charge in [-0.15, -0.1) is 35.5 Å². The fourth-order valence-electron chi connectivity index (χ4n) is 1.77. The van der Waals surface area contributed by atoms with Crippen molar-refractivity contribution in [1.29, 1.82) is 0 Å². The van der Waals surface area contributed by atoms with E-state index in [1.165, 1.54) is 4.88 Å². The number of benzene rings is 1. The van der Waals surface area contributed by atoms with Crippen molar-refractivity contribution >= 4 is 41.4 Å². The quantitative estimate of drug-likeness (QED) is 0.742. The Hall–Kier alpha value is -1.01. The van der Waals surface area contributed by atoms with Crippen molar-refractivity contribution in [2.24, 2.45) is 11.7 Å². The van der Waals surface area contributed by atoms with Gasteiger partial charge in [-0.3, -0.25) is 4.79 Å². The van der Waals surface area contributed by atoms with E-state index in [2.05, 4.69) is 16.8 Å². The predicted octanol–water partition coefficient (Wildman–Crippen LogP) is 3.79. The minimum absolute atomic E-state index is 0. The van der Waals surface area contributed by atoms with Crippen LogP contribution >= 0.6 is 35.5 Å². The topological polar surface area (TPSA) is 55.1 Å². The first kappa shape index (κ1) is 19.0. The van der Waals surface area contributed by atoms with Crippen molar-refractivity contribution in [1.82, 2.24) is 5.32 Å². The van der Waals surface area contributed by atoms with Crippen LogP contribution in [0.3, 0.4) is 0 Å². The summed E-state index contributed by atoms with van der Waals surface area (Å²) in [4.78, 5) is 14.6. The second-order valence-corrected chi connectivity index (χ2v) is 6.96. The van der Waals surface area contributed by atoms with Crippen LogP contribution in [-0.2, 0) is 5.75 Å². The number of halogens is 1. The number of hydrogen-bond acceptors (Lipinski definition) is 4. The molecule has 2 rings (SSSR count). The molecule has 120 valence electrons. The lowest BCUT2D eigenvalue weighted by atomic mass is 10.1. The van der Waals surface area contributed by atoms with Crippen LogP contribution in [0, 0.1) is 5.92 Å². The number of thioether (sulfide) groups is 1. The highest BCUT2D eigenvalue weighted by Crippen LogP contribution is 2.27. The lowest BCUT2D eigenvalue weighted by Gasteiger charge is -2.12. The van der Waals surface area contributed by atoms with Gasteiger partial charge in [-0.05, 0) is 36.0 Å². The van der Waals surface area contributed by atoms with Gasteiger partial charge in [0.15, 0.2) is 0 Å². The molecule has 6 heteroatoms. The fourth-order valence-corrected chi connectivity index (χ4v) is 3.59. The third-order valence-electron chi connectivity index (χ3n) is 3.10. The highest BCUT2D eigenvalue weighted by Gasteiger charge is 2.12. The van der Waals surface area contributed by atoms with Crippen LogP contribution in [0.1, 0.15) is 22.2 Å². The normalized spacial score (nSPS) is 11.5. The molecular weight excluding hydrogens is 336 g/mol. The smallest absolute Gasteiger partial charge is 0.252 e. The Labute approximate surface area is 146 Å². The zero-order valence-electron chi connectivity index (χ0n) is 12.5. The SMILES string of the molecule is CC(CN)CNC(=O)c1ccccc1SCc1cccs1.Cl. The van der Waals surface area contributed by atoms with Gasteiger partial charge in [0.2, 0.25) is 0 Å². The molecule has 1 aromatic heterocycles. The minimum atomic E-state index is -0.0235. The molecule has 1 amide bonds. The van der Waals surface area contributed by atoms with Crippen molar-refractivity contribution in [2.75, 3.05) is 13.1 Å². The third kappa shape index (κ3) is 5.65. The van der Waals surface area contributed by atoms with Crippen molar-refractivity contribution in [3.63, 3.8) is 0 Å². The zero-order chi connectivity index (χ0) is 15.1. The summed E-state index contributed by atoms with van der Waals surface area (Å²) in [7, 11) is 0. The summed E-state index contributed by atoms with van der Waals surface area (Å²) in [5, 5.41) is 5.03. The van der Waals surface area contributed by atoms with Gasteiger partial charge in [0.25, 0.3) is 5.91 Å². The summed E-state index contributed by atoms with van der Waals surface area (Å²) in [5.74, 6) is 1.16. The fraction of sp³-hybridized carbons (Fsp3) is 0.312. The highest BCUT2D eigenvalue weighted by molar-refractivity contribution is 7.98. The molecule has 1 unspecified atom stereocenters. The van der Waals surface area contributed by atoms with E-state index in [4.69, 9.17) is 5.73 Å². The monoisotopic (exact) mass is 356 g/mol. The summed E-state index contributed by atoms with van der Waals surface area (Å²) in [6.45, 7) is 3.21. The Morgan fingerprint density at radius 3 is 2.77 bits per heavy atom. The standard InChI is InChI=1S/C16H20N2OS2.ClH/c1-12(9-17)10-18-16(19)14-6-2-3-7-15(14)21-11-13-5-4-8-20-13;/h2-8,12H,9-11,17H2,1H3,(H,18,19);1H. The Balaban J connectivity index is 0.00000242. The second-order valence-electron chi connectivity index (χ2n) is 4.92. The average molecular weight is 357 g/mol. The number of nitrogens with one attached hydrogen (secondary N) is 1. The maximum absolute atomic E-state index is 12.3. The average Bonchev–Trinajstić information content (AvgIpc) is 3.04. The van der Waals surface area contributed by atoms with Crippen LogP contribution in [0.4, 0.5) is 0 Å². The molecule has 1 atom stereocenters. The van der Waals surface area contributed by atoms with Gasteiger partial charge >= 0.3 is 0 Å². The van der Waals surface area contributed by atoms with E-state index in [1.54, 1.807) is 23.1 Å². The Bertz CT molecular complexity index is 575. The van der Waals surface area contributed by atoms with Crippen LogP contribution < -0.4 is 11.1 Å². The molecule has 0 saturated carbocycles. The molecule has 0 aliphatic heterocycles. The molecule has 22 heavy (non-hydrogen) atoms. The maximum Gasteiger partial charge on any atom is 0.252 e.